The van der Waals surface area contributed by atoms with Gasteiger partial charge in [-0.3, -0.25) is 0 Å². The molecule has 1 N–H and O–H groups in total. The van der Waals surface area contributed by atoms with Crippen LogP contribution in [-0.2, 0) is 24.2 Å². The molecule has 1 heterocycles. The number of para-hydroxylation sites is 1. The van der Waals surface area contributed by atoms with Crippen LogP contribution < -0.4 is 0 Å². The van der Waals surface area contributed by atoms with Gasteiger partial charge in [-0.15, -0.1) is 0 Å². The summed E-state index contributed by atoms with van der Waals surface area (Å²) in [6.45, 7) is 0.709. The Morgan fingerprint density at radius 2 is 1.81 bits per heavy atom. The normalized spacial score (nSPS) is 17.8. The fourth-order valence-corrected chi connectivity index (χ4v) is 3.28. The van der Waals surface area contributed by atoms with Crippen molar-refractivity contribution in [1.82, 2.24) is 4.98 Å². The summed E-state index contributed by atoms with van der Waals surface area (Å²) in [5, 5.41) is 1.38. The number of benzene rings is 2. The molecule has 106 valence electrons. The van der Waals surface area contributed by atoms with Crippen LogP contribution in [0.15, 0.2) is 54.6 Å². The summed E-state index contributed by atoms with van der Waals surface area (Å²) in [7, 11) is 0. The van der Waals surface area contributed by atoms with E-state index in [0.29, 0.717) is 12.7 Å². The van der Waals surface area contributed by atoms with Gasteiger partial charge < -0.3 is 9.72 Å². The minimum absolute atomic E-state index is 0.325. The van der Waals surface area contributed by atoms with Gasteiger partial charge in [0.2, 0.25) is 0 Å². The highest BCUT2D eigenvalue weighted by molar-refractivity contribution is 5.84. The lowest BCUT2D eigenvalue weighted by molar-refractivity contribution is 0.0315. The lowest BCUT2D eigenvalue weighted by Crippen LogP contribution is -2.22. The summed E-state index contributed by atoms with van der Waals surface area (Å²) >= 11 is 0. The Labute approximate surface area is 124 Å². The largest absolute Gasteiger partial charge is 0.373 e. The van der Waals surface area contributed by atoms with Gasteiger partial charge in [-0.2, -0.15) is 0 Å². The summed E-state index contributed by atoms with van der Waals surface area (Å²) in [6.07, 6.45) is 3.54. The molecule has 21 heavy (non-hydrogen) atoms. The van der Waals surface area contributed by atoms with E-state index in [1.165, 1.54) is 27.7 Å². The summed E-state index contributed by atoms with van der Waals surface area (Å²) < 4.78 is 6.10. The predicted octanol–water partition coefficient (Wildman–Crippen LogP) is 4.24. The minimum Gasteiger partial charge on any atom is -0.373 e. The third-order valence-electron chi connectivity index (χ3n) is 4.38. The molecule has 1 aliphatic rings. The lowest BCUT2D eigenvalue weighted by Gasteiger charge is -2.23. The molecular weight excluding hydrogens is 258 g/mol. The summed E-state index contributed by atoms with van der Waals surface area (Å²) in [5.74, 6) is 0. The summed E-state index contributed by atoms with van der Waals surface area (Å²) in [4.78, 5) is 3.56. The number of H-pyrrole nitrogens is 1. The van der Waals surface area contributed by atoms with Gasteiger partial charge >= 0.3 is 0 Å². The van der Waals surface area contributed by atoms with E-state index < -0.39 is 0 Å². The van der Waals surface area contributed by atoms with E-state index in [-0.39, 0.29) is 0 Å². The van der Waals surface area contributed by atoms with E-state index in [4.69, 9.17) is 4.74 Å². The zero-order valence-electron chi connectivity index (χ0n) is 12.0. The van der Waals surface area contributed by atoms with Crippen molar-refractivity contribution in [2.24, 2.45) is 0 Å². The number of fused-ring (bicyclic) bond motifs is 3. The van der Waals surface area contributed by atoms with Crippen LogP contribution in [0.3, 0.4) is 0 Å². The molecule has 1 aromatic heterocycles. The van der Waals surface area contributed by atoms with Crippen LogP contribution >= 0.6 is 0 Å². The highest BCUT2D eigenvalue weighted by Crippen LogP contribution is 2.30. The average Bonchev–Trinajstić information content (AvgIpc) is 2.91. The molecule has 2 aromatic carbocycles. The molecule has 0 bridgehead atoms. The zero-order chi connectivity index (χ0) is 14.1. The quantitative estimate of drug-likeness (QED) is 0.761. The van der Waals surface area contributed by atoms with Gasteiger partial charge in [0.25, 0.3) is 0 Å². The Balaban J connectivity index is 1.49. The minimum atomic E-state index is 0.325. The number of nitrogens with one attached hydrogen (secondary N) is 1. The zero-order valence-corrected chi connectivity index (χ0v) is 12.0. The van der Waals surface area contributed by atoms with Crippen molar-refractivity contribution in [3.8, 4) is 0 Å². The molecule has 0 saturated carbocycles. The van der Waals surface area contributed by atoms with Crippen molar-refractivity contribution in [2.45, 2.75) is 32.0 Å². The molecule has 0 radical (unpaired) electrons. The van der Waals surface area contributed by atoms with E-state index in [2.05, 4.69) is 53.5 Å². The van der Waals surface area contributed by atoms with Gasteiger partial charge in [0.1, 0.15) is 0 Å². The first kappa shape index (κ1) is 12.7. The Morgan fingerprint density at radius 3 is 2.71 bits per heavy atom. The fourth-order valence-electron chi connectivity index (χ4n) is 3.28. The Morgan fingerprint density at radius 1 is 1.00 bits per heavy atom. The second-order valence-corrected chi connectivity index (χ2v) is 5.79. The van der Waals surface area contributed by atoms with Crippen molar-refractivity contribution < 1.29 is 4.74 Å². The topological polar surface area (TPSA) is 25.0 Å². The third-order valence-corrected chi connectivity index (χ3v) is 4.38. The number of ether oxygens (including phenoxy) is 1. The van der Waals surface area contributed by atoms with Gasteiger partial charge in [-0.1, -0.05) is 48.5 Å². The molecule has 1 unspecified atom stereocenters. The SMILES string of the molecule is c1ccc(COC2CCc3c([nH]c4ccccc34)C2)cc1. The van der Waals surface area contributed by atoms with Gasteiger partial charge in [0.15, 0.2) is 0 Å². The second kappa shape index (κ2) is 5.38. The molecule has 1 aliphatic carbocycles. The molecule has 0 saturated heterocycles. The molecule has 2 heteroatoms. The van der Waals surface area contributed by atoms with Gasteiger partial charge in [0.05, 0.1) is 12.7 Å². The Bertz CT molecular complexity index is 745. The van der Waals surface area contributed by atoms with Crippen LogP contribution in [-0.4, -0.2) is 11.1 Å². The molecule has 3 aromatic rings. The van der Waals surface area contributed by atoms with Crippen molar-refractivity contribution in [2.75, 3.05) is 0 Å². The van der Waals surface area contributed by atoms with E-state index >= 15 is 0 Å². The maximum absolute atomic E-state index is 6.10. The van der Waals surface area contributed by atoms with Crippen molar-refractivity contribution in [3.63, 3.8) is 0 Å². The van der Waals surface area contributed by atoms with Crippen molar-refractivity contribution in [1.29, 1.82) is 0 Å². The molecule has 0 fully saturated rings. The molecule has 1 atom stereocenters. The van der Waals surface area contributed by atoms with E-state index in [1.807, 2.05) is 6.07 Å². The van der Waals surface area contributed by atoms with Crippen LogP contribution in [0.2, 0.25) is 0 Å². The number of aromatic amines is 1. The third kappa shape index (κ3) is 2.47. The van der Waals surface area contributed by atoms with Crippen LogP contribution in [0.5, 0.6) is 0 Å². The first-order valence-corrected chi connectivity index (χ1v) is 7.64. The van der Waals surface area contributed by atoms with E-state index in [9.17, 15) is 0 Å². The van der Waals surface area contributed by atoms with Crippen LogP contribution in [0.1, 0.15) is 23.2 Å². The summed E-state index contributed by atoms with van der Waals surface area (Å²) in [6, 6.07) is 19.0. The van der Waals surface area contributed by atoms with Crippen molar-refractivity contribution in [3.05, 3.63) is 71.4 Å². The Kier molecular flexibility index (Phi) is 3.24. The maximum Gasteiger partial charge on any atom is 0.0720 e. The molecular formula is C19H19NO. The van der Waals surface area contributed by atoms with Gasteiger partial charge in [0, 0.05) is 23.0 Å². The summed E-state index contributed by atoms with van der Waals surface area (Å²) in [5.41, 5.74) is 5.36. The number of hydrogen-bond acceptors (Lipinski definition) is 1. The number of hydrogen-bond donors (Lipinski definition) is 1. The van der Waals surface area contributed by atoms with Crippen LogP contribution in [0.25, 0.3) is 10.9 Å². The van der Waals surface area contributed by atoms with Gasteiger partial charge in [-0.05, 0) is 30.0 Å². The molecule has 4 rings (SSSR count). The number of aromatic nitrogens is 1. The average molecular weight is 277 g/mol. The first-order valence-electron chi connectivity index (χ1n) is 7.64. The first-order chi connectivity index (χ1) is 10.4. The molecule has 0 amide bonds. The van der Waals surface area contributed by atoms with Crippen molar-refractivity contribution >= 4 is 10.9 Å². The molecule has 0 aliphatic heterocycles. The second-order valence-electron chi connectivity index (χ2n) is 5.79. The monoisotopic (exact) mass is 277 g/mol. The van der Waals surface area contributed by atoms with E-state index in [1.54, 1.807) is 0 Å². The lowest BCUT2D eigenvalue weighted by atomic mass is 9.93. The van der Waals surface area contributed by atoms with E-state index in [0.717, 1.165) is 19.3 Å². The fraction of sp³-hybridized carbons (Fsp3) is 0.263. The van der Waals surface area contributed by atoms with Gasteiger partial charge in [-0.25, -0.2) is 0 Å². The molecule has 2 nitrogen and oxygen atoms in total. The van der Waals surface area contributed by atoms with Crippen LogP contribution in [0.4, 0.5) is 0 Å². The predicted molar refractivity (Wildman–Crippen MR) is 85.3 cm³/mol. The Hall–Kier alpha value is -2.06. The highest BCUT2D eigenvalue weighted by Gasteiger charge is 2.22. The number of rotatable bonds is 3. The van der Waals surface area contributed by atoms with Crippen LogP contribution in [0, 0.1) is 0 Å². The maximum atomic E-state index is 6.10. The number of aryl methyl sites for hydroxylation is 1. The molecule has 0 spiro atoms. The highest BCUT2D eigenvalue weighted by atomic mass is 16.5. The smallest absolute Gasteiger partial charge is 0.0720 e. The standard InChI is InChI=1S/C19H19NO/c1-2-6-14(7-3-1)13-21-15-10-11-17-16-8-4-5-9-18(16)20-19(17)12-15/h1-9,15,20H,10-13H2.